The number of hydrogen-bond donors (Lipinski definition) is 0. The second-order valence-electron chi connectivity index (χ2n) is 3.99. The van der Waals surface area contributed by atoms with E-state index in [2.05, 4.69) is 9.97 Å². The standard InChI is InChI=1S/C13H9Cl2N3/c1-8-7-18-12(15)10(9-5-3-2-4-6-9)11(14)17-13(18)16-8/h2-7H,1H3. The lowest BCUT2D eigenvalue weighted by molar-refractivity contribution is 1.11. The van der Waals surface area contributed by atoms with Gasteiger partial charge in [0.1, 0.15) is 10.3 Å². The van der Waals surface area contributed by atoms with E-state index in [1.807, 2.05) is 43.5 Å². The second kappa shape index (κ2) is 4.26. The van der Waals surface area contributed by atoms with E-state index in [9.17, 15) is 0 Å². The van der Waals surface area contributed by atoms with Gasteiger partial charge in [0.15, 0.2) is 0 Å². The third kappa shape index (κ3) is 1.76. The largest absolute Gasteiger partial charge is 0.273 e. The van der Waals surface area contributed by atoms with Crippen molar-refractivity contribution >= 4 is 29.0 Å². The van der Waals surface area contributed by atoms with Crippen LogP contribution >= 0.6 is 23.2 Å². The molecule has 0 amide bonds. The molecule has 0 N–H and O–H groups in total. The third-order valence-corrected chi connectivity index (χ3v) is 3.34. The molecule has 0 radical (unpaired) electrons. The van der Waals surface area contributed by atoms with E-state index in [0.29, 0.717) is 16.1 Å². The summed E-state index contributed by atoms with van der Waals surface area (Å²) in [5.41, 5.74) is 2.52. The molecule has 0 aliphatic rings. The lowest BCUT2D eigenvalue weighted by Gasteiger charge is -2.08. The highest BCUT2D eigenvalue weighted by molar-refractivity contribution is 6.38. The predicted octanol–water partition coefficient (Wildman–Crippen LogP) is 4.01. The van der Waals surface area contributed by atoms with Crippen LogP contribution in [0, 0.1) is 6.92 Å². The van der Waals surface area contributed by atoms with E-state index in [1.165, 1.54) is 0 Å². The van der Waals surface area contributed by atoms with Crippen LogP contribution in [-0.2, 0) is 0 Å². The minimum absolute atomic E-state index is 0.365. The summed E-state index contributed by atoms with van der Waals surface area (Å²) in [4.78, 5) is 8.52. The zero-order chi connectivity index (χ0) is 12.7. The quantitative estimate of drug-likeness (QED) is 0.629. The highest BCUT2D eigenvalue weighted by Gasteiger charge is 2.15. The maximum absolute atomic E-state index is 6.39. The molecule has 0 saturated carbocycles. The molecule has 0 aliphatic carbocycles. The summed E-state index contributed by atoms with van der Waals surface area (Å²) >= 11 is 12.6. The number of aryl methyl sites for hydroxylation is 1. The van der Waals surface area contributed by atoms with Crippen LogP contribution in [0.15, 0.2) is 36.5 Å². The molecule has 0 fully saturated rings. The van der Waals surface area contributed by atoms with Crippen molar-refractivity contribution in [1.29, 1.82) is 0 Å². The molecule has 90 valence electrons. The van der Waals surface area contributed by atoms with Crippen molar-refractivity contribution < 1.29 is 0 Å². The molecule has 2 aromatic heterocycles. The second-order valence-corrected chi connectivity index (χ2v) is 4.70. The van der Waals surface area contributed by atoms with Crippen molar-refractivity contribution in [3.05, 3.63) is 52.5 Å². The minimum atomic E-state index is 0.365. The first-order valence-electron chi connectivity index (χ1n) is 5.43. The lowest BCUT2D eigenvalue weighted by Crippen LogP contribution is -1.95. The van der Waals surface area contributed by atoms with Gasteiger partial charge >= 0.3 is 0 Å². The Morgan fingerprint density at radius 3 is 2.50 bits per heavy atom. The Morgan fingerprint density at radius 1 is 1.06 bits per heavy atom. The van der Waals surface area contributed by atoms with Crippen LogP contribution in [0.5, 0.6) is 0 Å². The minimum Gasteiger partial charge on any atom is -0.273 e. The zero-order valence-electron chi connectivity index (χ0n) is 9.56. The Hall–Kier alpha value is -1.58. The van der Waals surface area contributed by atoms with Gasteiger partial charge in [-0.15, -0.1) is 0 Å². The van der Waals surface area contributed by atoms with E-state index < -0.39 is 0 Å². The average molecular weight is 278 g/mol. The van der Waals surface area contributed by atoms with Crippen LogP contribution in [0.2, 0.25) is 10.3 Å². The van der Waals surface area contributed by atoms with Gasteiger partial charge in [-0.05, 0) is 12.5 Å². The SMILES string of the molecule is Cc1cn2c(Cl)c(-c3ccccc3)c(Cl)nc2n1. The van der Waals surface area contributed by atoms with Crippen LogP contribution in [0.4, 0.5) is 0 Å². The van der Waals surface area contributed by atoms with Gasteiger partial charge in [0.2, 0.25) is 5.78 Å². The number of aromatic nitrogens is 3. The summed E-state index contributed by atoms with van der Waals surface area (Å²) in [6.07, 6.45) is 1.84. The molecule has 3 rings (SSSR count). The Kier molecular flexibility index (Phi) is 2.73. The molecule has 0 atom stereocenters. The molecule has 0 spiro atoms. The van der Waals surface area contributed by atoms with Crippen LogP contribution in [-0.4, -0.2) is 14.4 Å². The van der Waals surface area contributed by atoms with Crippen LogP contribution in [0.3, 0.4) is 0 Å². The van der Waals surface area contributed by atoms with Gasteiger partial charge in [0.25, 0.3) is 0 Å². The van der Waals surface area contributed by atoms with Gasteiger partial charge in [-0.2, -0.15) is 4.98 Å². The summed E-state index contributed by atoms with van der Waals surface area (Å²) in [6, 6.07) is 9.71. The number of fused-ring (bicyclic) bond motifs is 1. The van der Waals surface area contributed by atoms with E-state index in [0.717, 1.165) is 16.8 Å². The monoisotopic (exact) mass is 277 g/mol. The van der Waals surface area contributed by atoms with Crippen LogP contribution in [0.1, 0.15) is 5.69 Å². The number of imidazole rings is 1. The topological polar surface area (TPSA) is 30.2 Å². The Labute approximate surface area is 114 Å². The fourth-order valence-electron chi connectivity index (χ4n) is 1.90. The van der Waals surface area contributed by atoms with Gasteiger partial charge in [-0.25, -0.2) is 4.98 Å². The smallest absolute Gasteiger partial charge is 0.236 e. The van der Waals surface area contributed by atoms with Gasteiger partial charge < -0.3 is 0 Å². The molecule has 0 saturated heterocycles. The first-order chi connectivity index (χ1) is 8.66. The van der Waals surface area contributed by atoms with E-state index >= 15 is 0 Å². The number of halogens is 2. The first kappa shape index (κ1) is 11.5. The van der Waals surface area contributed by atoms with Crippen molar-refractivity contribution in [1.82, 2.24) is 14.4 Å². The fraction of sp³-hybridized carbons (Fsp3) is 0.0769. The Balaban J connectivity index is 2.36. The fourth-order valence-corrected chi connectivity index (χ4v) is 2.55. The predicted molar refractivity (Wildman–Crippen MR) is 73.2 cm³/mol. The summed E-state index contributed by atoms with van der Waals surface area (Å²) in [5, 5.41) is 0.890. The third-order valence-electron chi connectivity index (χ3n) is 2.69. The van der Waals surface area contributed by atoms with Crippen molar-refractivity contribution in [2.75, 3.05) is 0 Å². The van der Waals surface area contributed by atoms with E-state index in [1.54, 1.807) is 4.40 Å². The van der Waals surface area contributed by atoms with Gasteiger partial charge in [-0.1, -0.05) is 53.5 Å². The molecule has 18 heavy (non-hydrogen) atoms. The number of nitrogens with zero attached hydrogens (tertiary/aromatic N) is 3. The molecule has 2 heterocycles. The van der Waals surface area contributed by atoms with E-state index in [-0.39, 0.29) is 0 Å². The highest BCUT2D eigenvalue weighted by Crippen LogP contribution is 2.33. The molecule has 5 heteroatoms. The molecule has 0 aliphatic heterocycles. The Morgan fingerprint density at radius 2 is 1.78 bits per heavy atom. The van der Waals surface area contributed by atoms with Gasteiger partial charge in [-0.3, -0.25) is 4.40 Å². The normalized spacial score (nSPS) is 11.1. The number of benzene rings is 1. The van der Waals surface area contributed by atoms with Crippen LogP contribution < -0.4 is 0 Å². The molecule has 3 aromatic rings. The van der Waals surface area contributed by atoms with Crippen molar-refractivity contribution in [3.8, 4) is 11.1 Å². The van der Waals surface area contributed by atoms with Crippen molar-refractivity contribution in [2.45, 2.75) is 6.92 Å². The zero-order valence-corrected chi connectivity index (χ0v) is 11.1. The lowest BCUT2D eigenvalue weighted by atomic mass is 10.1. The summed E-state index contributed by atoms with van der Waals surface area (Å²) in [7, 11) is 0. The van der Waals surface area contributed by atoms with Gasteiger partial charge in [0.05, 0.1) is 11.3 Å². The summed E-state index contributed by atoms with van der Waals surface area (Å²) in [6.45, 7) is 1.89. The molecule has 0 unspecified atom stereocenters. The maximum atomic E-state index is 6.39. The molecule has 3 nitrogen and oxygen atoms in total. The number of rotatable bonds is 1. The van der Waals surface area contributed by atoms with Crippen molar-refractivity contribution in [2.24, 2.45) is 0 Å². The highest BCUT2D eigenvalue weighted by atomic mass is 35.5. The molecular formula is C13H9Cl2N3. The molecule has 1 aromatic carbocycles. The van der Waals surface area contributed by atoms with Crippen LogP contribution in [0.25, 0.3) is 16.9 Å². The van der Waals surface area contributed by atoms with E-state index in [4.69, 9.17) is 23.2 Å². The Bertz CT molecular complexity index is 720. The van der Waals surface area contributed by atoms with Crippen molar-refractivity contribution in [3.63, 3.8) is 0 Å². The van der Waals surface area contributed by atoms with Gasteiger partial charge in [0, 0.05) is 6.20 Å². The maximum Gasteiger partial charge on any atom is 0.236 e. The first-order valence-corrected chi connectivity index (χ1v) is 6.18. The summed E-state index contributed by atoms with van der Waals surface area (Å²) < 4.78 is 1.74. The number of hydrogen-bond acceptors (Lipinski definition) is 2. The summed E-state index contributed by atoms with van der Waals surface area (Å²) in [5.74, 6) is 0.516. The average Bonchev–Trinajstić information content (AvgIpc) is 2.71. The molecular weight excluding hydrogens is 269 g/mol. The molecule has 0 bridgehead atoms.